The second-order valence-electron chi connectivity index (χ2n) is 4.10. The number of hydrogen-bond acceptors (Lipinski definition) is 4. The molecule has 1 saturated heterocycles. The Labute approximate surface area is 95.8 Å². The predicted octanol–water partition coefficient (Wildman–Crippen LogP) is 1.75. The fourth-order valence-electron chi connectivity index (χ4n) is 1.77. The first-order chi connectivity index (χ1) is 7.84. The first-order valence-corrected chi connectivity index (χ1v) is 5.74. The highest BCUT2D eigenvalue weighted by Gasteiger charge is 2.13. The van der Waals surface area contributed by atoms with Crippen molar-refractivity contribution in [2.75, 3.05) is 18.9 Å². The zero-order valence-corrected chi connectivity index (χ0v) is 9.39. The lowest BCUT2D eigenvalue weighted by atomic mass is 10.1. The lowest BCUT2D eigenvalue weighted by Gasteiger charge is -2.22. The molecule has 2 N–H and O–H groups in total. The Morgan fingerprint density at radius 2 is 2.38 bits per heavy atom. The largest absolute Gasteiger partial charge is 0.384 e. The zero-order chi connectivity index (χ0) is 11.2. The molecular weight excluding hydrogens is 204 g/mol. The van der Waals surface area contributed by atoms with Gasteiger partial charge in [-0.25, -0.2) is 4.98 Å². The normalized spacial score (nSPS) is 20.9. The van der Waals surface area contributed by atoms with Crippen LogP contribution in [0.3, 0.4) is 0 Å². The van der Waals surface area contributed by atoms with Gasteiger partial charge in [-0.3, -0.25) is 0 Å². The molecule has 0 radical (unpaired) electrons. The van der Waals surface area contributed by atoms with Crippen molar-refractivity contribution < 1.29 is 9.47 Å². The summed E-state index contributed by atoms with van der Waals surface area (Å²) in [6.45, 7) is 2.12. The molecular formula is C12H18N2O2. The molecule has 2 heterocycles. The highest BCUT2D eigenvalue weighted by atomic mass is 16.5. The number of hydrogen-bond donors (Lipinski definition) is 1. The summed E-state index contributed by atoms with van der Waals surface area (Å²) in [5, 5.41) is 0. The smallest absolute Gasteiger partial charge is 0.123 e. The van der Waals surface area contributed by atoms with Gasteiger partial charge in [-0.2, -0.15) is 0 Å². The number of aromatic nitrogens is 1. The third kappa shape index (κ3) is 3.47. The minimum absolute atomic E-state index is 0.274. The molecule has 4 nitrogen and oxygen atoms in total. The van der Waals surface area contributed by atoms with E-state index in [0.29, 0.717) is 19.0 Å². The van der Waals surface area contributed by atoms with Crippen molar-refractivity contribution in [1.82, 2.24) is 4.98 Å². The van der Waals surface area contributed by atoms with Crippen LogP contribution in [0.1, 0.15) is 24.8 Å². The Morgan fingerprint density at radius 1 is 1.44 bits per heavy atom. The van der Waals surface area contributed by atoms with Crippen LogP contribution in [0.4, 0.5) is 5.82 Å². The van der Waals surface area contributed by atoms with Gasteiger partial charge < -0.3 is 15.2 Å². The summed E-state index contributed by atoms with van der Waals surface area (Å²) in [6, 6.07) is 3.72. The van der Waals surface area contributed by atoms with Crippen molar-refractivity contribution in [2.45, 2.75) is 32.0 Å². The Hall–Kier alpha value is -1.13. The molecule has 1 aliphatic rings. The lowest BCUT2D eigenvalue weighted by molar-refractivity contribution is -0.0448. The van der Waals surface area contributed by atoms with Crippen LogP contribution >= 0.6 is 0 Å². The number of nitrogens with two attached hydrogens (primary N) is 1. The van der Waals surface area contributed by atoms with E-state index in [1.165, 1.54) is 12.8 Å². The number of nitrogens with zero attached hydrogens (tertiary/aromatic N) is 1. The van der Waals surface area contributed by atoms with Crippen molar-refractivity contribution in [1.29, 1.82) is 0 Å². The summed E-state index contributed by atoms with van der Waals surface area (Å²) >= 11 is 0. The van der Waals surface area contributed by atoms with E-state index in [0.717, 1.165) is 18.6 Å². The molecule has 1 unspecified atom stereocenters. The topological polar surface area (TPSA) is 57.4 Å². The van der Waals surface area contributed by atoms with Crippen molar-refractivity contribution in [3.05, 3.63) is 23.9 Å². The molecule has 0 amide bonds. The van der Waals surface area contributed by atoms with Gasteiger partial charge in [0.25, 0.3) is 0 Å². The van der Waals surface area contributed by atoms with E-state index < -0.39 is 0 Å². The molecule has 1 aromatic rings. The second kappa shape index (κ2) is 5.82. The monoisotopic (exact) mass is 222 g/mol. The van der Waals surface area contributed by atoms with E-state index in [9.17, 15) is 0 Å². The average Bonchev–Trinajstić information content (AvgIpc) is 2.33. The highest BCUT2D eigenvalue weighted by molar-refractivity contribution is 5.28. The number of rotatable bonds is 4. The molecule has 16 heavy (non-hydrogen) atoms. The fourth-order valence-corrected chi connectivity index (χ4v) is 1.77. The summed E-state index contributed by atoms with van der Waals surface area (Å²) in [7, 11) is 0. The summed E-state index contributed by atoms with van der Waals surface area (Å²) in [5.41, 5.74) is 6.55. The van der Waals surface area contributed by atoms with E-state index >= 15 is 0 Å². The van der Waals surface area contributed by atoms with E-state index in [1.807, 2.05) is 6.07 Å². The third-order valence-electron chi connectivity index (χ3n) is 2.69. The number of pyridine rings is 1. The van der Waals surface area contributed by atoms with Gasteiger partial charge in [0.15, 0.2) is 0 Å². The maximum atomic E-state index is 5.59. The third-order valence-corrected chi connectivity index (χ3v) is 2.69. The quantitative estimate of drug-likeness (QED) is 0.843. The van der Waals surface area contributed by atoms with Crippen molar-refractivity contribution in [2.24, 2.45) is 0 Å². The minimum atomic E-state index is 0.274. The van der Waals surface area contributed by atoms with Gasteiger partial charge in [0.2, 0.25) is 0 Å². The molecule has 4 heteroatoms. The first-order valence-electron chi connectivity index (χ1n) is 5.74. The van der Waals surface area contributed by atoms with Crippen LogP contribution < -0.4 is 5.73 Å². The Bertz CT molecular complexity index is 307. The molecule has 0 aromatic carbocycles. The van der Waals surface area contributed by atoms with Gasteiger partial charge in [0.05, 0.1) is 19.3 Å². The number of anilines is 1. The first kappa shape index (κ1) is 11.4. The van der Waals surface area contributed by atoms with Crippen LogP contribution in [0.15, 0.2) is 18.3 Å². The Kier molecular flexibility index (Phi) is 4.13. The average molecular weight is 222 g/mol. The van der Waals surface area contributed by atoms with Crippen LogP contribution in [0.5, 0.6) is 0 Å². The van der Waals surface area contributed by atoms with E-state index in [1.54, 1.807) is 12.3 Å². The standard InChI is InChI=1S/C12H18N2O2/c13-12-5-4-10(7-14-12)8-15-9-11-3-1-2-6-16-11/h4-5,7,11H,1-3,6,8-9H2,(H2,13,14). The van der Waals surface area contributed by atoms with Gasteiger partial charge in [0, 0.05) is 12.8 Å². The van der Waals surface area contributed by atoms with E-state index in [-0.39, 0.29) is 6.10 Å². The Morgan fingerprint density at radius 3 is 3.06 bits per heavy atom. The SMILES string of the molecule is Nc1ccc(COCC2CCCCO2)cn1. The molecule has 0 aliphatic carbocycles. The highest BCUT2D eigenvalue weighted by Crippen LogP contribution is 2.13. The Balaban J connectivity index is 1.69. The summed E-state index contributed by atoms with van der Waals surface area (Å²) in [6.07, 6.45) is 5.56. The molecule has 0 bridgehead atoms. The van der Waals surface area contributed by atoms with Gasteiger partial charge in [0.1, 0.15) is 5.82 Å². The van der Waals surface area contributed by atoms with Crippen LogP contribution in [0.2, 0.25) is 0 Å². The molecule has 0 spiro atoms. The van der Waals surface area contributed by atoms with Crippen LogP contribution in [0, 0.1) is 0 Å². The van der Waals surface area contributed by atoms with Crippen molar-refractivity contribution in [3.63, 3.8) is 0 Å². The zero-order valence-electron chi connectivity index (χ0n) is 9.39. The van der Waals surface area contributed by atoms with Crippen LogP contribution in [0.25, 0.3) is 0 Å². The van der Waals surface area contributed by atoms with Gasteiger partial charge in [-0.1, -0.05) is 6.07 Å². The van der Waals surface area contributed by atoms with Crippen LogP contribution in [-0.2, 0) is 16.1 Å². The molecule has 2 rings (SSSR count). The molecule has 1 aromatic heterocycles. The van der Waals surface area contributed by atoms with Gasteiger partial charge in [-0.15, -0.1) is 0 Å². The summed E-state index contributed by atoms with van der Waals surface area (Å²) in [4.78, 5) is 4.01. The predicted molar refractivity (Wildman–Crippen MR) is 61.9 cm³/mol. The van der Waals surface area contributed by atoms with E-state index in [2.05, 4.69) is 4.98 Å². The number of ether oxygens (including phenoxy) is 2. The fraction of sp³-hybridized carbons (Fsp3) is 0.583. The minimum Gasteiger partial charge on any atom is -0.384 e. The van der Waals surface area contributed by atoms with E-state index in [4.69, 9.17) is 15.2 Å². The number of nitrogen functional groups attached to an aromatic ring is 1. The lowest BCUT2D eigenvalue weighted by Crippen LogP contribution is -2.24. The maximum Gasteiger partial charge on any atom is 0.123 e. The van der Waals surface area contributed by atoms with Gasteiger partial charge >= 0.3 is 0 Å². The van der Waals surface area contributed by atoms with Gasteiger partial charge in [-0.05, 0) is 30.9 Å². The molecule has 88 valence electrons. The molecule has 1 atom stereocenters. The maximum absolute atomic E-state index is 5.59. The summed E-state index contributed by atoms with van der Waals surface area (Å²) in [5.74, 6) is 0.541. The molecule has 1 aliphatic heterocycles. The molecule has 0 saturated carbocycles. The van der Waals surface area contributed by atoms with Crippen molar-refractivity contribution >= 4 is 5.82 Å². The van der Waals surface area contributed by atoms with Crippen molar-refractivity contribution in [3.8, 4) is 0 Å². The summed E-state index contributed by atoms with van der Waals surface area (Å²) < 4.78 is 11.2. The second-order valence-corrected chi connectivity index (χ2v) is 4.10. The molecule has 1 fully saturated rings. The van der Waals surface area contributed by atoms with Crippen LogP contribution in [-0.4, -0.2) is 24.3 Å².